The van der Waals surface area contributed by atoms with Crippen LogP contribution in [0, 0.1) is 11.8 Å². The van der Waals surface area contributed by atoms with E-state index in [1.807, 2.05) is 0 Å². The number of nitrogens with zero attached hydrogens (tertiary/aromatic N) is 2. The van der Waals surface area contributed by atoms with E-state index in [4.69, 9.17) is 9.26 Å². The third-order valence-electron chi connectivity index (χ3n) is 4.75. The Hall–Kier alpha value is -2.09. The average molecular weight is 324 g/mol. The van der Waals surface area contributed by atoms with E-state index in [0.717, 1.165) is 0 Å². The lowest BCUT2D eigenvalue weighted by atomic mass is 9.91. The lowest BCUT2D eigenvalue weighted by molar-refractivity contribution is 0.0514. The molecule has 23 heavy (non-hydrogen) atoms. The summed E-state index contributed by atoms with van der Waals surface area (Å²) in [5.41, 5.74) is 0.0877. The molecule has 2 aliphatic rings. The van der Waals surface area contributed by atoms with E-state index in [9.17, 15) is 19.8 Å². The van der Waals surface area contributed by atoms with Crippen LogP contribution in [0.2, 0.25) is 0 Å². The van der Waals surface area contributed by atoms with Gasteiger partial charge >= 0.3 is 12.1 Å². The van der Waals surface area contributed by atoms with Crippen LogP contribution in [0.3, 0.4) is 0 Å². The molecule has 1 saturated heterocycles. The third-order valence-corrected chi connectivity index (χ3v) is 4.75. The van der Waals surface area contributed by atoms with Crippen LogP contribution in [0.4, 0.5) is 4.79 Å². The fraction of sp³-hybridized carbons (Fsp3) is 0.667. The van der Waals surface area contributed by atoms with Gasteiger partial charge in [0.15, 0.2) is 5.69 Å². The minimum absolute atomic E-state index is 0.0877. The van der Waals surface area contributed by atoms with Gasteiger partial charge in [-0.25, -0.2) is 9.59 Å². The van der Waals surface area contributed by atoms with Gasteiger partial charge in [0.05, 0.1) is 12.7 Å². The zero-order valence-corrected chi connectivity index (χ0v) is 12.8. The summed E-state index contributed by atoms with van der Waals surface area (Å²) in [6.45, 7) is 2.38. The molecule has 1 aliphatic heterocycles. The lowest BCUT2D eigenvalue weighted by Crippen LogP contribution is -2.39. The van der Waals surface area contributed by atoms with Gasteiger partial charge in [0.1, 0.15) is 5.76 Å². The van der Waals surface area contributed by atoms with Crippen LogP contribution in [0.1, 0.15) is 36.0 Å². The van der Waals surface area contributed by atoms with Gasteiger partial charge in [-0.2, -0.15) is 0 Å². The Morgan fingerprint density at radius 2 is 2.26 bits per heavy atom. The topological polar surface area (TPSA) is 113 Å². The van der Waals surface area contributed by atoms with Crippen molar-refractivity contribution < 1.29 is 29.1 Å². The maximum absolute atomic E-state index is 11.6. The fourth-order valence-electron chi connectivity index (χ4n) is 3.83. The number of esters is 1. The van der Waals surface area contributed by atoms with Crippen molar-refractivity contribution in [3.8, 4) is 0 Å². The monoisotopic (exact) mass is 324 g/mol. The molecular formula is C15H20N2O6. The summed E-state index contributed by atoms with van der Waals surface area (Å²) < 4.78 is 10.0. The lowest BCUT2D eigenvalue weighted by Gasteiger charge is -2.24. The Labute approximate surface area is 133 Å². The van der Waals surface area contributed by atoms with E-state index in [0.29, 0.717) is 31.6 Å². The van der Waals surface area contributed by atoms with Crippen molar-refractivity contribution in [2.75, 3.05) is 13.2 Å². The van der Waals surface area contributed by atoms with E-state index < -0.39 is 12.1 Å². The largest absolute Gasteiger partial charge is 0.465 e. The van der Waals surface area contributed by atoms with Crippen LogP contribution in [-0.4, -0.2) is 57.6 Å². The normalized spacial score (nSPS) is 29.6. The molecule has 1 aromatic rings. The molecule has 0 spiro atoms. The molecule has 1 amide bonds. The summed E-state index contributed by atoms with van der Waals surface area (Å²) in [6.07, 6.45) is 0.234. The molecule has 126 valence electrons. The molecule has 3 rings (SSSR count). The van der Waals surface area contributed by atoms with Crippen molar-refractivity contribution >= 4 is 12.1 Å². The molecule has 1 aromatic heterocycles. The first-order valence-electron chi connectivity index (χ1n) is 7.80. The summed E-state index contributed by atoms with van der Waals surface area (Å²) in [5, 5.41) is 22.9. The van der Waals surface area contributed by atoms with Crippen molar-refractivity contribution in [1.29, 1.82) is 0 Å². The number of likely N-dealkylation sites (tertiary alicyclic amines) is 1. The Morgan fingerprint density at radius 3 is 2.96 bits per heavy atom. The zero-order valence-electron chi connectivity index (χ0n) is 12.8. The number of carboxylic acid groups (broad SMARTS) is 1. The van der Waals surface area contributed by atoms with Gasteiger partial charge in [0.2, 0.25) is 0 Å². The standard InChI is InChI=1S/C15H20N2O6/c1-2-22-14(19)12-5-10(23-16-12)6-13-11-4-9(18)3-8(11)7-17(13)15(20)21/h5,8-9,11,13,18H,2-4,6-7H2,1H3,(H,20,21)/t8-,9+,11-,13?/m0/s1. The molecule has 4 atom stereocenters. The molecule has 2 heterocycles. The third kappa shape index (κ3) is 3.03. The predicted molar refractivity (Wildman–Crippen MR) is 76.9 cm³/mol. The fourth-order valence-corrected chi connectivity index (χ4v) is 3.83. The molecule has 8 heteroatoms. The first kappa shape index (κ1) is 15.8. The van der Waals surface area contributed by atoms with Crippen LogP contribution in [0.25, 0.3) is 0 Å². The number of rotatable bonds is 4. The molecule has 1 saturated carbocycles. The van der Waals surface area contributed by atoms with Crippen molar-refractivity contribution in [3.05, 3.63) is 17.5 Å². The quantitative estimate of drug-likeness (QED) is 0.798. The van der Waals surface area contributed by atoms with Crippen LogP contribution < -0.4 is 0 Å². The Balaban J connectivity index is 1.74. The number of aromatic nitrogens is 1. The molecular weight excluding hydrogens is 304 g/mol. The molecule has 0 aromatic carbocycles. The molecule has 8 nitrogen and oxygen atoms in total. The van der Waals surface area contributed by atoms with Gasteiger partial charge in [-0.15, -0.1) is 0 Å². The number of carbonyl (C=O) groups excluding carboxylic acids is 1. The Kier molecular flexibility index (Phi) is 4.25. The second kappa shape index (κ2) is 6.19. The first-order valence-corrected chi connectivity index (χ1v) is 7.80. The second-order valence-corrected chi connectivity index (χ2v) is 6.15. The summed E-state index contributed by atoms with van der Waals surface area (Å²) in [7, 11) is 0. The second-order valence-electron chi connectivity index (χ2n) is 6.15. The van der Waals surface area contributed by atoms with Gasteiger partial charge in [0, 0.05) is 25.1 Å². The highest BCUT2D eigenvalue weighted by Crippen LogP contribution is 2.43. The average Bonchev–Trinajstić information content (AvgIpc) is 3.15. The maximum Gasteiger partial charge on any atom is 0.407 e. The maximum atomic E-state index is 11.6. The van der Waals surface area contributed by atoms with Crippen LogP contribution in [-0.2, 0) is 11.2 Å². The molecule has 2 N–H and O–H groups in total. The van der Waals surface area contributed by atoms with Gasteiger partial charge in [0.25, 0.3) is 0 Å². The van der Waals surface area contributed by atoms with Crippen molar-refractivity contribution in [2.24, 2.45) is 11.8 Å². The van der Waals surface area contributed by atoms with E-state index in [2.05, 4.69) is 5.16 Å². The highest BCUT2D eigenvalue weighted by Gasteiger charge is 2.49. The number of hydrogen-bond donors (Lipinski definition) is 2. The summed E-state index contributed by atoms with van der Waals surface area (Å²) in [6, 6.07) is 1.23. The number of fused-ring (bicyclic) bond motifs is 1. The number of hydrogen-bond acceptors (Lipinski definition) is 6. The minimum Gasteiger partial charge on any atom is -0.465 e. The summed E-state index contributed by atoms with van der Waals surface area (Å²) >= 11 is 0. The molecule has 1 unspecified atom stereocenters. The number of aliphatic hydroxyl groups is 1. The smallest absolute Gasteiger partial charge is 0.407 e. The highest BCUT2D eigenvalue weighted by molar-refractivity contribution is 5.87. The van der Waals surface area contributed by atoms with E-state index in [1.165, 1.54) is 11.0 Å². The first-order chi connectivity index (χ1) is 11.0. The van der Waals surface area contributed by atoms with Crippen LogP contribution in [0.15, 0.2) is 10.6 Å². The van der Waals surface area contributed by atoms with E-state index >= 15 is 0 Å². The number of carbonyl (C=O) groups is 2. The number of amides is 1. The molecule has 2 fully saturated rings. The molecule has 0 radical (unpaired) electrons. The zero-order chi connectivity index (χ0) is 16.6. The number of aliphatic hydroxyl groups excluding tert-OH is 1. The van der Waals surface area contributed by atoms with Gasteiger partial charge in [-0.05, 0) is 31.6 Å². The minimum atomic E-state index is -0.968. The van der Waals surface area contributed by atoms with E-state index in [1.54, 1.807) is 6.92 Å². The van der Waals surface area contributed by atoms with Gasteiger partial charge in [-0.3, -0.25) is 0 Å². The molecule has 1 aliphatic carbocycles. The van der Waals surface area contributed by atoms with Crippen LogP contribution >= 0.6 is 0 Å². The Bertz CT molecular complexity index is 601. The van der Waals surface area contributed by atoms with Gasteiger partial charge < -0.3 is 24.4 Å². The van der Waals surface area contributed by atoms with Crippen molar-refractivity contribution in [1.82, 2.24) is 10.1 Å². The van der Waals surface area contributed by atoms with Crippen molar-refractivity contribution in [3.63, 3.8) is 0 Å². The number of ether oxygens (including phenoxy) is 1. The van der Waals surface area contributed by atoms with Crippen LogP contribution in [0.5, 0.6) is 0 Å². The van der Waals surface area contributed by atoms with Crippen molar-refractivity contribution in [2.45, 2.75) is 38.3 Å². The molecule has 0 bridgehead atoms. The Morgan fingerprint density at radius 1 is 1.48 bits per heavy atom. The summed E-state index contributed by atoms with van der Waals surface area (Å²) in [4.78, 5) is 24.5. The highest BCUT2D eigenvalue weighted by atomic mass is 16.5. The summed E-state index contributed by atoms with van der Waals surface area (Å²) in [5.74, 6) is 0.181. The predicted octanol–water partition coefficient (Wildman–Crippen LogP) is 1.14. The van der Waals surface area contributed by atoms with E-state index in [-0.39, 0.29) is 36.3 Å². The van der Waals surface area contributed by atoms with Gasteiger partial charge in [-0.1, -0.05) is 5.16 Å². The SMILES string of the molecule is CCOC(=O)c1cc(CC2[C@H]3C[C@H](O)C[C@H]3CN2C(=O)O)on1.